The van der Waals surface area contributed by atoms with E-state index in [9.17, 15) is 16.9 Å². The van der Waals surface area contributed by atoms with Gasteiger partial charge in [-0.25, -0.2) is 0 Å². The van der Waals surface area contributed by atoms with Crippen LogP contribution in [0.1, 0.15) is 78.1 Å². The maximum absolute atomic E-state index is 11.2. The van der Waals surface area contributed by atoms with E-state index in [4.69, 9.17) is 0 Å². The van der Waals surface area contributed by atoms with Gasteiger partial charge < -0.3 is 0 Å². The molecule has 0 saturated heterocycles. The van der Waals surface area contributed by atoms with Gasteiger partial charge in [-0.15, -0.1) is 0 Å². The molecule has 0 N–H and O–H groups in total. The fraction of sp³-hybridized carbons (Fsp3) is 0.667. The van der Waals surface area contributed by atoms with Gasteiger partial charge in [-0.3, -0.25) is 0 Å². The summed E-state index contributed by atoms with van der Waals surface area (Å²) in [6, 6.07) is 8.98. The molecule has 0 atom stereocenters. The fourth-order valence-electron chi connectivity index (χ4n) is 2.47. The Morgan fingerprint density at radius 1 is 0.692 bits per heavy atom. The monoisotopic (exact) mass is 608 g/mol. The third-order valence-electron chi connectivity index (χ3n) is 3.73. The predicted molar refractivity (Wildman–Crippen MR) is 108 cm³/mol. The summed E-state index contributed by atoms with van der Waals surface area (Å²) < 4.78 is 60.9. The van der Waals surface area contributed by atoms with E-state index in [2.05, 4.69) is 53.8 Å². The van der Waals surface area contributed by atoms with E-state index >= 15 is 0 Å². The smallest absolute Gasteiger partial charge is 1.00 e. The van der Waals surface area contributed by atoms with Crippen molar-refractivity contribution < 1.29 is 18.3 Å². The predicted octanol–water partition coefficient (Wildman–Crippen LogP) is 9.01. The number of rotatable bonds is 11. The molecule has 156 valence electrons. The number of halogens is 7. The van der Waals surface area contributed by atoms with Crippen LogP contribution in [-0.2, 0) is 6.42 Å². The van der Waals surface area contributed by atoms with Crippen molar-refractivity contribution >= 4 is 42.1 Å². The van der Waals surface area contributed by atoms with Crippen LogP contribution in [0.15, 0.2) is 24.3 Å². The Morgan fingerprint density at radius 3 is 1.42 bits per heavy atom. The molecule has 1 aromatic rings. The zero-order chi connectivity index (χ0) is 20.2. The SMILES string of the molecule is CCCCCCCCCCCCc1ccc(I)cc1.[F][Sb-]([F])([F])([F])([F])[F].[H+]. The van der Waals surface area contributed by atoms with E-state index in [-0.39, 0.29) is 1.43 Å². The van der Waals surface area contributed by atoms with Gasteiger partial charge in [0, 0.05) is 3.57 Å². The van der Waals surface area contributed by atoms with Crippen molar-refractivity contribution in [3.63, 3.8) is 0 Å². The van der Waals surface area contributed by atoms with Gasteiger partial charge in [0.15, 0.2) is 0 Å². The summed E-state index contributed by atoms with van der Waals surface area (Å²) in [5.74, 6) is 0. The first-order chi connectivity index (χ1) is 11.8. The molecule has 0 unspecified atom stereocenters. The molecule has 1 aromatic carbocycles. The van der Waals surface area contributed by atoms with Crippen LogP contribution in [-0.4, -0.2) is 19.5 Å². The van der Waals surface area contributed by atoms with Crippen LogP contribution in [0.5, 0.6) is 0 Å². The van der Waals surface area contributed by atoms with Crippen molar-refractivity contribution in [3.8, 4) is 0 Å². The van der Waals surface area contributed by atoms with Crippen LogP contribution in [0.3, 0.4) is 0 Å². The summed E-state index contributed by atoms with van der Waals surface area (Å²) in [5.41, 5.74) is 1.50. The number of benzene rings is 1. The second-order valence-corrected chi connectivity index (χ2v) is 13.2. The Labute approximate surface area is 170 Å². The van der Waals surface area contributed by atoms with Crippen molar-refractivity contribution in [2.75, 3.05) is 0 Å². The van der Waals surface area contributed by atoms with Gasteiger partial charge in [-0.1, -0.05) is 76.8 Å². The third-order valence-corrected chi connectivity index (χ3v) is 4.45. The minimum Gasteiger partial charge on any atom is 1.00 e. The quantitative estimate of drug-likeness (QED) is 0.102. The second kappa shape index (κ2) is 11.4. The first kappa shape index (κ1) is 26.3. The Kier molecular flexibility index (Phi) is 11.5. The van der Waals surface area contributed by atoms with Gasteiger partial charge in [-0.05, 0) is 53.1 Å². The van der Waals surface area contributed by atoms with E-state index in [1.807, 2.05) is 0 Å². The van der Waals surface area contributed by atoms with Gasteiger partial charge in [0.25, 0.3) is 0 Å². The van der Waals surface area contributed by atoms with Gasteiger partial charge >= 0.3 is 37.8 Å². The van der Waals surface area contributed by atoms with E-state index < -0.39 is 19.5 Å². The summed E-state index contributed by atoms with van der Waals surface area (Å²) in [5, 5.41) is 0. The molecule has 0 aromatic heterocycles. The van der Waals surface area contributed by atoms with E-state index in [1.165, 1.54) is 79.8 Å². The molecule has 0 aliphatic carbocycles. The number of aryl methyl sites for hydroxylation is 1. The zero-order valence-electron chi connectivity index (χ0n) is 16.2. The third kappa shape index (κ3) is 26.6. The van der Waals surface area contributed by atoms with Gasteiger partial charge in [0.05, 0.1) is 0 Å². The molecule has 0 fully saturated rings. The van der Waals surface area contributed by atoms with Crippen molar-refractivity contribution in [2.45, 2.75) is 77.6 Å². The van der Waals surface area contributed by atoms with Gasteiger partial charge in [0.1, 0.15) is 0 Å². The average Bonchev–Trinajstić information content (AvgIpc) is 2.48. The van der Waals surface area contributed by atoms with Crippen LogP contribution >= 0.6 is 22.6 Å². The standard InChI is InChI=1S/C18H29I.6FH.Sb/c1-2-3-4-5-6-7-8-9-10-11-12-17-13-15-18(19)16-14-17;;;;;;;/h13-16H,2-12H2,1H3;6*1H;/q;;;;;;;+5/p-5. The molecule has 0 aliphatic heterocycles. The minimum atomic E-state index is -11.2. The van der Waals surface area contributed by atoms with Crippen LogP contribution in [0, 0.1) is 3.57 Å². The summed E-state index contributed by atoms with van der Waals surface area (Å²) in [6.45, 7) is 2.29. The van der Waals surface area contributed by atoms with Crippen molar-refractivity contribution in [3.05, 3.63) is 33.4 Å². The zero-order valence-corrected chi connectivity index (χ0v) is 19.9. The van der Waals surface area contributed by atoms with Crippen LogP contribution in [0.4, 0.5) is 16.9 Å². The van der Waals surface area contributed by atoms with Crippen molar-refractivity contribution in [2.24, 2.45) is 0 Å². The van der Waals surface area contributed by atoms with Crippen LogP contribution in [0.25, 0.3) is 0 Å². The molecule has 0 amide bonds. The largest absolute Gasteiger partial charge is 1.00 e. The Hall–Kier alpha value is 0.348. The normalized spacial score (nSPS) is 14.2. The van der Waals surface area contributed by atoms with Gasteiger partial charge in [0.2, 0.25) is 0 Å². The Morgan fingerprint density at radius 2 is 1.04 bits per heavy atom. The number of unbranched alkanes of at least 4 members (excludes halogenated alkanes) is 9. The maximum atomic E-state index is 9.93. The average molecular weight is 609 g/mol. The summed E-state index contributed by atoms with van der Waals surface area (Å²) in [7, 11) is 0. The maximum Gasteiger partial charge on any atom is 1.00 e. The van der Waals surface area contributed by atoms with Crippen LogP contribution in [0.2, 0.25) is 0 Å². The van der Waals surface area contributed by atoms with E-state index in [1.54, 1.807) is 0 Å². The van der Waals surface area contributed by atoms with E-state index in [0.717, 1.165) is 0 Å². The van der Waals surface area contributed by atoms with Crippen molar-refractivity contribution in [1.82, 2.24) is 0 Å². The summed E-state index contributed by atoms with van der Waals surface area (Å²) in [4.78, 5) is 0. The molecular formula is C18H30F6ISb. The molecule has 26 heavy (non-hydrogen) atoms. The molecule has 0 heterocycles. The summed E-state index contributed by atoms with van der Waals surface area (Å²) >= 11 is -8.88. The molecule has 1 rings (SSSR count). The first-order valence-corrected chi connectivity index (χ1v) is 16.0. The van der Waals surface area contributed by atoms with Crippen LogP contribution < -0.4 is 0 Å². The topological polar surface area (TPSA) is 0 Å². The Bertz CT molecular complexity index is 478. The number of hydrogen-bond acceptors (Lipinski definition) is 0. The van der Waals surface area contributed by atoms with E-state index in [0.29, 0.717) is 0 Å². The minimum absolute atomic E-state index is 0. The van der Waals surface area contributed by atoms with Crippen molar-refractivity contribution in [1.29, 1.82) is 0 Å². The molecule has 8 heteroatoms. The molecule has 0 saturated carbocycles. The van der Waals surface area contributed by atoms with Gasteiger partial charge in [-0.2, -0.15) is 0 Å². The molecule has 0 aliphatic rings. The molecule has 0 nitrogen and oxygen atoms in total. The fourth-order valence-corrected chi connectivity index (χ4v) is 2.83. The Balaban J connectivity index is 0. The number of hydrogen-bond donors (Lipinski definition) is 0. The molecule has 0 bridgehead atoms. The molecule has 0 radical (unpaired) electrons. The molecular weight excluding hydrogens is 579 g/mol. The molecule has 0 spiro atoms. The second-order valence-electron chi connectivity index (χ2n) is 6.52. The summed E-state index contributed by atoms with van der Waals surface area (Å²) in [6.07, 6.45) is 15.5. The first-order valence-electron chi connectivity index (χ1n) is 9.09.